The molecule has 8 heteroatoms. The van der Waals surface area contributed by atoms with E-state index in [4.69, 9.17) is 17.3 Å². The van der Waals surface area contributed by atoms with E-state index in [1.54, 1.807) is 0 Å². The molecule has 0 heterocycles. The fraction of sp³-hybridized carbons (Fsp3) is 0.333. The van der Waals surface area contributed by atoms with Crippen LogP contribution in [0, 0.1) is 5.82 Å². The van der Waals surface area contributed by atoms with Gasteiger partial charge < -0.3 is 11.1 Å². The van der Waals surface area contributed by atoms with Gasteiger partial charge in [-0.05, 0) is 6.07 Å². The van der Waals surface area contributed by atoms with Crippen LogP contribution in [-0.2, 0) is 10.0 Å². The molecule has 1 rings (SSSR count). The van der Waals surface area contributed by atoms with Gasteiger partial charge in [0.25, 0.3) is 0 Å². The molecular formula is C9H13ClFN3O2S. The van der Waals surface area contributed by atoms with Crippen LogP contribution in [0.5, 0.6) is 0 Å². The highest BCUT2D eigenvalue weighted by Gasteiger charge is 2.06. The Balaban J connectivity index is 2.55. The lowest BCUT2D eigenvalue weighted by molar-refractivity contribution is 0.589. The van der Waals surface area contributed by atoms with E-state index < -0.39 is 15.8 Å². The van der Waals surface area contributed by atoms with Gasteiger partial charge in [-0.25, -0.2) is 17.5 Å². The highest BCUT2D eigenvalue weighted by atomic mass is 35.5. The standard InChI is InChI=1S/C9H13ClFN3O2S/c1-17(15,16)14-3-2-13-9-4-6(10)7(11)5-8(9)12/h4-5,13-14H,2-3,12H2,1H3. The van der Waals surface area contributed by atoms with E-state index in [0.717, 1.165) is 12.3 Å². The Morgan fingerprint density at radius 1 is 1.41 bits per heavy atom. The summed E-state index contributed by atoms with van der Waals surface area (Å²) in [6.07, 6.45) is 1.07. The zero-order valence-electron chi connectivity index (χ0n) is 9.13. The zero-order valence-corrected chi connectivity index (χ0v) is 10.7. The van der Waals surface area contributed by atoms with Gasteiger partial charge in [-0.15, -0.1) is 0 Å². The average Bonchev–Trinajstić information content (AvgIpc) is 2.18. The maximum Gasteiger partial charge on any atom is 0.208 e. The van der Waals surface area contributed by atoms with Crippen LogP contribution in [0.25, 0.3) is 0 Å². The van der Waals surface area contributed by atoms with E-state index in [1.807, 2.05) is 0 Å². The highest BCUT2D eigenvalue weighted by molar-refractivity contribution is 7.88. The van der Waals surface area contributed by atoms with Crippen molar-refractivity contribution in [3.05, 3.63) is 23.0 Å². The van der Waals surface area contributed by atoms with Crippen LogP contribution in [0.1, 0.15) is 0 Å². The minimum Gasteiger partial charge on any atom is -0.397 e. The first-order valence-electron chi connectivity index (χ1n) is 4.72. The van der Waals surface area contributed by atoms with Crippen molar-refractivity contribution in [2.75, 3.05) is 30.4 Å². The predicted molar refractivity (Wildman–Crippen MR) is 67.2 cm³/mol. The molecule has 17 heavy (non-hydrogen) atoms. The molecule has 0 aliphatic heterocycles. The lowest BCUT2D eigenvalue weighted by Crippen LogP contribution is -2.27. The largest absolute Gasteiger partial charge is 0.397 e. The SMILES string of the molecule is CS(=O)(=O)NCCNc1cc(Cl)c(F)cc1N. The van der Waals surface area contributed by atoms with Gasteiger partial charge >= 0.3 is 0 Å². The number of nitrogens with two attached hydrogens (primary N) is 1. The zero-order chi connectivity index (χ0) is 13.1. The molecular weight excluding hydrogens is 269 g/mol. The molecule has 0 atom stereocenters. The Labute approximate surface area is 104 Å². The molecule has 0 unspecified atom stereocenters. The lowest BCUT2D eigenvalue weighted by Gasteiger charge is -2.10. The molecule has 0 saturated heterocycles. The van der Waals surface area contributed by atoms with Crippen molar-refractivity contribution < 1.29 is 12.8 Å². The summed E-state index contributed by atoms with van der Waals surface area (Å²) < 4.78 is 36.8. The van der Waals surface area contributed by atoms with E-state index in [-0.39, 0.29) is 17.3 Å². The van der Waals surface area contributed by atoms with Crippen LogP contribution in [0.3, 0.4) is 0 Å². The summed E-state index contributed by atoms with van der Waals surface area (Å²) in [5.41, 5.74) is 6.24. The maximum atomic E-state index is 13.0. The van der Waals surface area contributed by atoms with E-state index in [1.165, 1.54) is 6.07 Å². The average molecular weight is 282 g/mol. The van der Waals surface area contributed by atoms with Crippen molar-refractivity contribution in [1.82, 2.24) is 4.72 Å². The number of hydrogen-bond acceptors (Lipinski definition) is 4. The number of nitrogens with one attached hydrogen (secondary N) is 2. The quantitative estimate of drug-likeness (QED) is 0.556. The van der Waals surface area contributed by atoms with Gasteiger partial charge in [-0.2, -0.15) is 0 Å². The molecule has 0 spiro atoms. The van der Waals surface area contributed by atoms with Gasteiger partial charge in [0.1, 0.15) is 5.82 Å². The predicted octanol–water partition coefficient (Wildman–Crippen LogP) is 1.02. The first-order valence-corrected chi connectivity index (χ1v) is 6.99. The number of benzene rings is 1. The second kappa shape index (κ2) is 5.52. The summed E-state index contributed by atoms with van der Waals surface area (Å²) in [5, 5.41) is 2.81. The van der Waals surface area contributed by atoms with Gasteiger partial charge in [0.2, 0.25) is 10.0 Å². The summed E-state index contributed by atoms with van der Waals surface area (Å²) in [7, 11) is -3.21. The van der Waals surface area contributed by atoms with Gasteiger partial charge in [-0.1, -0.05) is 11.6 Å². The summed E-state index contributed by atoms with van der Waals surface area (Å²) in [5.74, 6) is -0.594. The molecule has 0 radical (unpaired) electrons. The van der Waals surface area contributed by atoms with Crippen LogP contribution in [-0.4, -0.2) is 27.8 Å². The normalized spacial score (nSPS) is 11.5. The number of anilines is 2. The fourth-order valence-electron chi connectivity index (χ4n) is 1.15. The molecule has 4 N–H and O–H groups in total. The van der Waals surface area contributed by atoms with Crippen molar-refractivity contribution in [2.24, 2.45) is 0 Å². The molecule has 0 aliphatic carbocycles. The van der Waals surface area contributed by atoms with Gasteiger partial charge in [0, 0.05) is 19.2 Å². The molecule has 0 aromatic heterocycles. The Morgan fingerprint density at radius 3 is 2.65 bits per heavy atom. The third-order valence-electron chi connectivity index (χ3n) is 1.90. The first-order chi connectivity index (χ1) is 7.79. The van der Waals surface area contributed by atoms with Crippen molar-refractivity contribution in [1.29, 1.82) is 0 Å². The number of sulfonamides is 1. The smallest absolute Gasteiger partial charge is 0.208 e. The molecule has 0 amide bonds. The molecule has 0 aliphatic rings. The van der Waals surface area contributed by atoms with Crippen LogP contribution in [0.2, 0.25) is 5.02 Å². The monoisotopic (exact) mass is 281 g/mol. The maximum absolute atomic E-state index is 13.0. The van der Waals surface area contributed by atoms with Gasteiger partial charge in [-0.3, -0.25) is 0 Å². The Bertz CT molecular complexity index is 507. The van der Waals surface area contributed by atoms with E-state index in [0.29, 0.717) is 12.2 Å². The second-order valence-electron chi connectivity index (χ2n) is 3.45. The minimum atomic E-state index is -3.21. The molecule has 0 saturated carbocycles. The third kappa shape index (κ3) is 4.76. The van der Waals surface area contributed by atoms with Crippen molar-refractivity contribution in [3.8, 4) is 0 Å². The Hall–Kier alpha value is -1.05. The van der Waals surface area contributed by atoms with Crippen LogP contribution in [0.4, 0.5) is 15.8 Å². The van der Waals surface area contributed by atoms with E-state index in [9.17, 15) is 12.8 Å². The van der Waals surface area contributed by atoms with E-state index >= 15 is 0 Å². The minimum absolute atomic E-state index is 0.0437. The van der Waals surface area contributed by atoms with E-state index in [2.05, 4.69) is 10.0 Å². The third-order valence-corrected chi connectivity index (χ3v) is 2.92. The number of halogens is 2. The van der Waals surface area contributed by atoms with Crippen LogP contribution in [0.15, 0.2) is 12.1 Å². The number of rotatable bonds is 5. The van der Waals surface area contributed by atoms with Gasteiger partial charge in [0.05, 0.1) is 22.7 Å². The molecule has 1 aromatic rings. The molecule has 5 nitrogen and oxygen atoms in total. The topological polar surface area (TPSA) is 84.2 Å². The number of hydrogen-bond donors (Lipinski definition) is 3. The fourth-order valence-corrected chi connectivity index (χ4v) is 1.79. The summed E-state index contributed by atoms with van der Waals surface area (Å²) in [6, 6.07) is 2.46. The van der Waals surface area contributed by atoms with Crippen LogP contribution < -0.4 is 15.8 Å². The lowest BCUT2D eigenvalue weighted by atomic mass is 10.2. The summed E-state index contributed by atoms with van der Waals surface area (Å²) in [4.78, 5) is 0. The summed E-state index contributed by atoms with van der Waals surface area (Å²) in [6.45, 7) is 0.520. The first kappa shape index (κ1) is 14.0. The number of nitrogen functional groups attached to an aromatic ring is 1. The Morgan fingerprint density at radius 2 is 2.06 bits per heavy atom. The highest BCUT2D eigenvalue weighted by Crippen LogP contribution is 2.25. The van der Waals surface area contributed by atoms with Gasteiger partial charge in [0.15, 0.2) is 0 Å². The summed E-state index contributed by atoms with van der Waals surface area (Å²) >= 11 is 5.59. The van der Waals surface area contributed by atoms with Crippen LogP contribution >= 0.6 is 11.6 Å². The second-order valence-corrected chi connectivity index (χ2v) is 5.69. The van der Waals surface area contributed by atoms with Crippen molar-refractivity contribution in [2.45, 2.75) is 0 Å². The molecule has 96 valence electrons. The van der Waals surface area contributed by atoms with Crippen molar-refractivity contribution >= 4 is 33.0 Å². The Kier molecular flexibility index (Phi) is 4.55. The van der Waals surface area contributed by atoms with Crippen molar-refractivity contribution in [3.63, 3.8) is 0 Å². The molecule has 0 bridgehead atoms. The molecule has 0 fully saturated rings. The molecule has 1 aromatic carbocycles.